The molecule has 0 radical (unpaired) electrons. The van der Waals surface area contributed by atoms with Crippen LogP contribution in [0.2, 0.25) is 5.15 Å². The number of allylic oxidation sites excluding steroid dienone is 2. The van der Waals surface area contributed by atoms with Gasteiger partial charge in [0.15, 0.2) is 11.6 Å². The van der Waals surface area contributed by atoms with E-state index in [2.05, 4.69) is 14.7 Å². The van der Waals surface area contributed by atoms with Gasteiger partial charge in [-0.3, -0.25) is 19.1 Å². The first-order valence-electron chi connectivity index (χ1n) is 21.5. The van der Waals surface area contributed by atoms with Gasteiger partial charge >= 0.3 is 0 Å². The van der Waals surface area contributed by atoms with Crippen molar-refractivity contribution >= 4 is 61.3 Å². The Labute approximate surface area is 364 Å². The highest BCUT2D eigenvalue weighted by Crippen LogP contribution is 2.57. The van der Waals surface area contributed by atoms with Crippen LogP contribution in [0.3, 0.4) is 0 Å². The molecule has 1 N–H and O–H groups in total. The number of halogens is 1. The Balaban J connectivity index is 1.07. The first-order valence-corrected chi connectivity index (χ1v) is 23.5. The number of hydrogen-bond acceptors (Lipinski definition) is 12. The largest absolute Gasteiger partial charge is 0.491 e. The zero-order valence-corrected chi connectivity index (χ0v) is 36.2. The molecule has 4 aliphatic rings. The zero-order valence-electron chi connectivity index (χ0n) is 34.7. The van der Waals surface area contributed by atoms with Crippen LogP contribution in [0.4, 0.5) is 0 Å². The van der Waals surface area contributed by atoms with E-state index in [9.17, 15) is 22.8 Å². The number of rotatable bonds is 10. The maximum Gasteiger partial charge on any atom is 0.262 e. The van der Waals surface area contributed by atoms with Gasteiger partial charge in [-0.25, -0.2) is 23.4 Å². The molecule has 0 bridgehead atoms. The smallest absolute Gasteiger partial charge is 0.262 e. The van der Waals surface area contributed by atoms with E-state index >= 15 is 0 Å². The minimum Gasteiger partial charge on any atom is -0.491 e. The molecule has 2 aromatic carbocycles. The second kappa shape index (κ2) is 17.0. The quantitative estimate of drug-likeness (QED) is 0.107. The molecule has 2 aliphatic heterocycles. The molecule has 5 atom stereocenters. The third-order valence-corrected chi connectivity index (χ3v) is 14.4. The maximum atomic E-state index is 14.9. The van der Waals surface area contributed by atoms with E-state index in [4.69, 9.17) is 35.5 Å². The Bertz CT molecular complexity index is 2670. The number of ketones is 1. The van der Waals surface area contributed by atoms with Crippen molar-refractivity contribution in [3.8, 4) is 23.0 Å². The fourth-order valence-corrected chi connectivity index (χ4v) is 10.4. The Morgan fingerprint density at radius 2 is 1.82 bits per heavy atom. The van der Waals surface area contributed by atoms with E-state index < -0.39 is 44.7 Å². The molecule has 2 saturated carbocycles. The Kier molecular flexibility index (Phi) is 11.5. The standard InChI is InChI=1S/C46H49ClN6O8S/c1-27(2)59-31-16-14-28(15-17-31)42-50-40-34-12-8-9-13-37(34)61-41(40)43(51-42)60-32-23-35-36(54)25-46(45(56)52-62(57,58)33-18-19-33)24-30(46)11-7-5-3-4-6-10-29(44(55)53(35)26-32)22-39-48-21-20-38(47)49-39/h7-9,11-17,20-21,27,29-30,32-33,35H,3-6,10,18-19,22-26H2,1-2H3,(H,52,56)/b11-7-/t29-,30+,32-,35+,46-/m1/s1. The van der Waals surface area contributed by atoms with Crippen molar-refractivity contribution in [3.05, 3.63) is 83.9 Å². The fraction of sp³-hybridized carbons (Fsp3) is 0.457. The maximum absolute atomic E-state index is 14.9. The van der Waals surface area contributed by atoms with Gasteiger partial charge in [-0.1, -0.05) is 48.7 Å². The van der Waals surface area contributed by atoms with Crippen LogP contribution in [0.1, 0.15) is 83.9 Å². The summed E-state index contributed by atoms with van der Waals surface area (Å²) < 4.78 is 47.3. The number of sulfonamides is 1. The summed E-state index contributed by atoms with van der Waals surface area (Å²) in [6.45, 7) is 3.96. The van der Waals surface area contributed by atoms with Gasteiger partial charge < -0.3 is 18.8 Å². The molecule has 9 rings (SSSR count). The fourth-order valence-electron chi connectivity index (χ4n) is 8.90. The summed E-state index contributed by atoms with van der Waals surface area (Å²) in [5, 5.41) is 0.432. The molecule has 16 heteroatoms. The normalized spacial score (nSPS) is 25.2. The predicted molar refractivity (Wildman–Crippen MR) is 232 cm³/mol. The van der Waals surface area contributed by atoms with Crippen molar-refractivity contribution in [1.82, 2.24) is 29.6 Å². The molecule has 3 fully saturated rings. The number of ether oxygens (including phenoxy) is 2. The SMILES string of the molecule is CC(C)Oc1ccc(-c2nc(O[C@@H]3C[C@H]4C(=O)C[C@]5(C(=O)NS(=O)(=O)C6CC6)C[C@@H]5/C=C\CCCCC[C@H](Cc5nccc(Cl)n5)C(=O)N4C3)c3oc4ccccc4c3n2)cc1. The number of nitrogens with zero attached hydrogens (tertiary/aromatic N) is 5. The molecular weight excluding hydrogens is 832 g/mol. The first-order chi connectivity index (χ1) is 29.9. The Morgan fingerprint density at radius 1 is 1.02 bits per heavy atom. The average molecular weight is 881 g/mol. The van der Waals surface area contributed by atoms with Gasteiger partial charge in [0, 0.05) is 42.3 Å². The monoisotopic (exact) mass is 880 g/mol. The molecule has 0 unspecified atom stereocenters. The topological polar surface area (TPSA) is 184 Å². The van der Waals surface area contributed by atoms with Crippen LogP contribution in [0, 0.1) is 17.3 Å². The lowest BCUT2D eigenvalue weighted by atomic mass is 9.90. The minimum absolute atomic E-state index is 0.000655. The molecule has 3 aromatic heterocycles. The number of hydrogen-bond donors (Lipinski definition) is 1. The second-order valence-electron chi connectivity index (χ2n) is 17.3. The Hall–Kier alpha value is -5.41. The summed E-state index contributed by atoms with van der Waals surface area (Å²) in [4.78, 5) is 63.9. The average Bonchev–Trinajstić information content (AvgIpc) is 4.14. The van der Waals surface area contributed by atoms with Crippen molar-refractivity contribution in [2.75, 3.05) is 6.54 Å². The number of carbonyl (C=O) groups excluding carboxylic acids is 3. The van der Waals surface area contributed by atoms with Crippen LogP contribution in [-0.4, -0.2) is 80.9 Å². The van der Waals surface area contributed by atoms with Crippen LogP contribution in [0.15, 0.2) is 77.4 Å². The molecule has 324 valence electrons. The molecule has 1 saturated heterocycles. The van der Waals surface area contributed by atoms with E-state index in [-0.39, 0.29) is 60.6 Å². The molecule has 5 aromatic rings. The summed E-state index contributed by atoms with van der Waals surface area (Å²) >= 11 is 6.25. The number of aromatic nitrogens is 4. The number of para-hydroxylation sites is 1. The number of carbonyl (C=O) groups is 3. The van der Waals surface area contributed by atoms with Crippen molar-refractivity contribution in [2.24, 2.45) is 17.3 Å². The van der Waals surface area contributed by atoms with E-state index in [1.54, 1.807) is 17.2 Å². The van der Waals surface area contributed by atoms with Gasteiger partial charge in [-0.2, -0.15) is 4.98 Å². The highest BCUT2D eigenvalue weighted by Gasteiger charge is 2.61. The molecule has 62 heavy (non-hydrogen) atoms. The van der Waals surface area contributed by atoms with Gasteiger partial charge in [0.05, 0.1) is 29.4 Å². The number of nitrogens with one attached hydrogen (secondary N) is 1. The predicted octanol–water partition coefficient (Wildman–Crippen LogP) is 7.58. The van der Waals surface area contributed by atoms with Crippen molar-refractivity contribution in [2.45, 2.75) is 108 Å². The highest BCUT2D eigenvalue weighted by atomic mass is 35.5. The van der Waals surface area contributed by atoms with Gasteiger partial charge in [0.1, 0.15) is 33.9 Å². The summed E-state index contributed by atoms with van der Waals surface area (Å²) in [6.07, 6.45) is 9.97. The zero-order chi connectivity index (χ0) is 43.2. The minimum atomic E-state index is -3.87. The van der Waals surface area contributed by atoms with Gasteiger partial charge in [-0.15, -0.1) is 0 Å². The summed E-state index contributed by atoms with van der Waals surface area (Å²) in [5.41, 5.74) is 0.929. The summed E-state index contributed by atoms with van der Waals surface area (Å²) in [5.74, 6) is -0.479. The van der Waals surface area contributed by atoms with E-state index in [0.29, 0.717) is 65.3 Å². The van der Waals surface area contributed by atoms with Crippen molar-refractivity contribution in [1.29, 1.82) is 0 Å². The molecule has 2 aliphatic carbocycles. The van der Waals surface area contributed by atoms with Crippen molar-refractivity contribution in [3.63, 3.8) is 0 Å². The van der Waals surface area contributed by atoms with Gasteiger partial charge in [0.25, 0.3) is 5.88 Å². The molecular formula is C46H49ClN6O8S. The van der Waals surface area contributed by atoms with Gasteiger partial charge in [0.2, 0.25) is 27.4 Å². The molecule has 0 spiro atoms. The Morgan fingerprint density at radius 3 is 2.60 bits per heavy atom. The number of amides is 2. The van der Waals surface area contributed by atoms with Gasteiger partial charge in [-0.05, 0) is 101 Å². The second-order valence-corrected chi connectivity index (χ2v) is 19.7. The summed E-state index contributed by atoms with van der Waals surface area (Å²) in [6, 6.07) is 15.6. The number of furan rings is 1. The van der Waals surface area contributed by atoms with Crippen LogP contribution >= 0.6 is 11.6 Å². The first kappa shape index (κ1) is 41.9. The lowest BCUT2D eigenvalue weighted by Gasteiger charge is -2.29. The number of benzene rings is 2. The third-order valence-electron chi connectivity index (χ3n) is 12.4. The molecule has 5 heterocycles. The van der Waals surface area contributed by atoms with Crippen LogP contribution in [0.25, 0.3) is 33.5 Å². The highest BCUT2D eigenvalue weighted by molar-refractivity contribution is 7.90. The lowest BCUT2D eigenvalue weighted by molar-refractivity contribution is -0.142. The number of fused-ring (bicyclic) bond motifs is 5. The lowest BCUT2D eigenvalue weighted by Crippen LogP contribution is -2.46. The van der Waals surface area contributed by atoms with E-state index in [1.165, 1.54) is 0 Å². The van der Waals surface area contributed by atoms with Crippen LogP contribution in [-0.2, 0) is 30.8 Å². The van der Waals surface area contributed by atoms with Crippen LogP contribution < -0.4 is 14.2 Å². The van der Waals surface area contributed by atoms with Crippen LogP contribution in [0.5, 0.6) is 11.6 Å². The number of Topliss-reactive ketones (excluding diaryl/α,β-unsaturated/α-hetero) is 1. The molecule has 2 amide bonds. The van der Waals surface area contributed by atoms with E-state index in [0.717, 1.165) is 31.1 Å². The molecule has 14 nitrogen and oxygen atoms in total. The van der Waals surface area contributed by atoms with Crippen molar-refractivity contribution < 1.29 is 36.7 Å². The third kappa shape index (κ3) is 8.78. The summed E-state index contributed by atoms with van der Waals surface area (Å²) in [7, 11) is -3.87. The van der Waals surface area contributed by atoms with E-state index in [1.807, 2.05) is 74.5 Å².